The summed E-state index contributed by atoms with van der Waals surface area (Å²) >= 11 is 0. The molecule has 26 heavy (non-hydrogen) atoms. The van der Waals surface area contributed by atoms with E-state index in [4.69, 9.17) is 9.47 Å². The van der Waals surface area contributed by atoms with E-state index in [9.17, 15) is 9.59 Å². The van der Waals surface area contributed by atoms with Gasteiger partial charge in [-0.25, -0.2) is 5.10 Å². The van der Waals surface area contributed by atoms with Gasteiger partial charge in [-0.3, -0.25) is 9.59 Å². The Balaban J connectivity index is 1.48. The van der Waals surface area contributed by atoms with Gasteiger partial charge in [0.2, 0.25) is 5.91 Å². The molecule has 1 aliphatic rings. The van der Waals surface area contributed by atoms with Crippen molar-refractivity contribution in [3.05, 3.63) is 64.1 Å². The fraction of sp³-hybridized carbons (Fsp3) is 0.421. The van der Waals surface area contributed by atoms with Gasteiger partial charge in [-0.1, -0.05) is 30.3 Å². The molecule has 0 bridgehead atoms. The second-order valence-corrected chi connectivity index (χ2v) is 6.29. The molecule has 1 aliphatic heterocycles. The van der Waals surface area contributed by atoms with Gasteiger partial charge in [0, 0.05) is 25.5 Å². The maximum Gasteiger partial charge on any atom is 0.264 e. The molecule has 2 N–H and O–H groups in total. The van der Waals surface area contributed by atoms with E-state index in [-0.39, 0.29) is 23.6 Å². The fourth-order valence-electron chi connectivity index (χ4n) is 2.86. The number of aryl methyl sites for hydroxylation is 1. The highest BCUT2D eigenvalue weighted by Crippen LogP contribution is 2.15. The van der Waals surface area contributed by atoms with Crippen molar-refractivity contribution in [2.75, 3.05) is 13.2 Å². The highest BCUT2D eigenvalue weighted by atomic mass is 16.5. The molecule has 0 unspecified atom stereocenters. The largest absolute Gasteiger partial charge is 0.379 e. The lowest BCUT2D eigenvalue weighted by Gasteiger charge is -2.32. The standard InChI is InChI=1S/C19H23N3O4/c23-18(8-6-15-7-9-19(24)22-21-15)20-16-13-25-11-10-17(16)26-12-14-4-2-1-3-5-14/h1-5,7,9,16-17H,6,8,10-13H2,(H,20,23)(H,22,24)/t16-,17+/m1/s1. The molecule has 2 aromatic rings. The molecule has 0 saturated carbocycles. The van der Waals surface area contributed by atoms with Crippen molar-refractivity contribution in [3.8, 4) is 0 Å². The smallest absolute Gasteiger partial charge is 0.264 e. The lowest BCUT2D eigenvalue weighted by atomic mass is 10.1. The molecule has 2 atom stereocenters. The normalized spacial score (nSPS) is 19.8. The molecule has 0 radical (unpaired) electrons. The van der Waals surface area contributed by atoms with Gasteiger partial charge >= 0.3 is 0 Å². The quantitative estimate of drug-likeness (QED) is 0.776. The number of carbonyl (C=O) groups excluding carboxylic acids is 1. The van der Waals surface area contributed by atoms with Crippen molar-refractivity contribution in [1.82, 2.24) is 15.5 Å². The topological polar surface area (TPSA) is 93.3 Å². The number of rotatable bonds is 7. The summed E-state index contributed by atoms with van der Waals surface area (Å²) in [6, 6.07) is 12.8. The summed E-state index contributed by atoms with van der Waals surface area (Å²) in [7, 11) is 0. The number of aromatic amines is 1. The van der Waals surface area contributed by atoms with Gasteiger partial charge in [0.25, 0.3) is 5.56 Å². The zero-order valence-corrected chi connectivity index (χ0v) is 14.5. The lowest BCUT2D eigenvalue weighted by Crippen LogP contribution is -2.50. The molecule has 7 heteroatoms. The Kier molecular flexibility index (Phi) is 6.51. The van der Waals surface area contributed by atoms with Crippen molar-refractivity contribution < 1.29 is 14.3 Å². The first-order valence-electron chi connectivity index (χ1n) is 8.78. The summed E-state index contributed by atoms with van der Waals surface area (Å²) < 4.78 is 11.5. The Morgan fingerprint density at radius 3 is 2.88 bits per heavy atom. The van der Waals surface area contributed by atoms with Crippen LogP contribution in [0.4, 0.5) is 0 Å². The molecular formula is C19H23N3O4. The minimum atomic E-state index is -0.254. The first-order chi connectivity index (χ1) is 12.7. The summed E-state index contributed by atoms with van der Waals surface area (Å²) in [5, 5.41) is 9.27. The average molecular weight is 357 g/mol. The van der Waals surface area contributed by atoms with Crippen LogP contribution >= 0.6 is 0 Å². The Morgan fingerprint density at radius 2 is 2.12 bits per heavy atom. The third-order valence-electron chi connectivity index (χ3n) is 4.29. The number of hydrogen-bond donors (Lipinski definition) is 2. The molecule has 1 aromatic heterocycles. The molecule has 1 amide bonds. The van der Waals surface area contributed by atoms with Gasteiger partial charge in [-0.15, -0.1) is 0 Å². The van der Waals surface area contributed by atoms with E-state index >= 15 is 0 Å². The Labute approximate surface area is 151 Å². The number of amides is 1. The Bertz CT molecular complexity index is 742. The predicted molar refractivity (Wildman–Crippen MR) is 95.6 cm³/mol. The number of hydrogen-bond acceptors (Lipinski definition) is 5. The number of ether oxygens (including phenoxy) is 2. The molecular weight excluding hydrogens is 334 g/mol. The fourth-order valence-corrected chi connectivity index (χ4v) is 2.86. The van der Waals surface area contributed by atoms with Gasteiger partial charge in [0.15, 0.2) is 0 Å². The van der Waals surface area contributed by atoms with Gasteiger partial charge in [-0.05, 0) is 18.1 Å². The molecule has 0 aliphatic carbocycles. The number of H-pyrrole nitrogens is 1. The molecule has 1 saturated heterocycles. The number of nitrogens with zero attached hydrogens (tertiary/aromatic N) is 1. The molecule has 138 valence electrons. The van der Waals surface area contributed by atoms with Gasteiger partial charge < -0.3 is 14.8 Å². The van der Waals surface area contributed by atoms with E-state index in [0.717, 1.165) is 12.0 Å². The van der Waals surface area contributed by atoms with E-state index in [1.54, 1.807) is 6.07 Å². The third-order valence-corrected chi connectivity index (χ3v) is 4.29. The summed E-state index contributed by atoms with van der Waals surface area (Å²) in [6.07, 6.45) is 1.44. The van der Waals surface area contributed by atoms with Crippen molar-refractivity contribution in [1.29, 1.82) is 0 Å². The van der Waals surface area contributed by atoms with Gasteiger partial charge in [0.1, 0.15) is 0 Å². The van der Waals surface area contributed by atoms with E-state index in [1.807, 2.05) is 30.3 Å². The van der Waals surface area contributed by atoms with Gasteiger partial charge in [-0.2, -0.15) is 5.10 Å². The second kappa shape index (κ2) is 9.26. The summed E-state index contributed by atoms with van der Waals surface area (Å²) in [5.74, 6) is -0.0817. The number of carbonyl (C=O) groups is 1. The van der Waals surface area contributed by atoms with Crippen LogP contribution in [0.15, 0.2) is 47.3 Å². The minimum Gasteiger partial charge on any atom is -0.379 e. The Morgan fingerprint density at radius 1 is 1.27 bits per heavy atom. The number of nitrogens with one attached hydrogen (secondary N) is 2. The van der Waals surface area contributed by atoms with Crippen LogP contribution < -0.4 is 10.9 Å². The first-order valence-corrected chi connectivity index (χ1v) is 8.78. The maximum absolute atomic E-state index is 12.2. The predicted octanol–water partition coefficient (Wildman–Crippen LogP) is 1.19. The number of benzene rings is 1. The second-order valence-electron chi connectivity index (χ2n) is 6.29. The molecule has 1 fully saturated rings. The highest BCUT2D eigenvalue weighted by molar-refractivity contribution is 5.76. The van der Waals surface area contributed by atoms with Crippen molar-refractivity contribution in [2.24, 2.45) is 0 Å². The van der Waals surface area contributed by atoms with E-state index in [0.29, 0.717) is 38.4 Å². The van der Waals surface area contributed by atoms with Crippen LogP contribution in [0.5, 0.6) is 0 Å². The van der Waals surface area contributed by atoms with E-state index in [1.165, 1.54) is 6.07 Å². The summed E-state index contributed by atoms with van der Waals surface area (Å²) in [6.45, 7) is 1.59. The molecule has 7 nitrogen and oxygen atoms in total. The van der Waals surface area contributed by atoms with Crippen LogP contribution in [-0.2, 0) is 27.3 Å². The van der Waals surface area contributed by atoms with Crippen LogP contribution in [0, 0.1) is 0 Å². The van der Waals surface area contributed by atoms with Crippen LogP contribution in [0.1, 0.15) is 24.1 Å². The summed E-state index contributed by atoms with van der Waals surface area (Å²) in [4.78, 5) is 23.2. The SMILES string of the molecule is O=C(CCc1ccc(=O)[nH]n1)N[C@@H]1COCC[C@@H]1OCc1ccccc1. The van der Waals surface area contributed by atoms with E-state index < -0.39 is 0 Å². The first kappa shape index (κ1) is 18.3. The average Bonchev–Trinajstić information content (AvgIpc) is 2.68. The molecule has 1 aromatic carbocycles. The van der Waals surface area contributed by atoms with Crippen LogP contribution in [-0.4, -0.2) is 41.5 Å². The van der Waals surface area contributed by atoms with Crippen LogP contribution in [0.3, 0.4) is 0 Å². The van der Waals surface area contributed by atoms with Crippen LogP contribution in [0.25, 0.3) is 0 Å². The molecule has 2 heterocycles. The summed E-state index contributed by atoms with van der Waals surface area (Å²) in [5.41, 5.74) is 1.53. The monoisotopic (exact) mass is 357 g/mol. The molecule has 3 rings (SSSR count). The maximum atomic E-state index is 12.2. The Hall–Kier alpha value is -2.51. The minimum absolute atomic E-state index is 0.0703. The van der Waals surface area contributed by atoms with Crippen LogP contribution in [0.2, 0.25) is 0 Å². The zero-order valence-electron chi connectivity index (χ0n) is 14.5. The number of aromatic nitrogens is 2. The zero-order chi connectivity index (χ0) is 18.2. The van der Waals surface area contributed by atoms with Crippen molar-refractivity contribution >= 4 is 5.91 Å². The lowest BCUT2D eigenvalue weighted by molar-refractivity contribution is -0.126. The van der Waals surface area contributed by atoms with Gasteiger partial charge in [0.05, 0.1) is 31.1 Å². The third kappa shape index (κ3) is 5.50. The van der Waals surface area contributed by atoms with Crippen molar-refractivity contribution in [3.63, 3.8) is 0 Å². The van der Waals surface area contributed by atoms with E-state index in [2.05, 4.69) is 15.5 Å². The molecule has 0 spiro atoms. The highest BCUT2D eigenvalue weighted by Gasteiger charge is 2.27. The van der Waals surface area contributed by atoms with Crippen molar-refractivity contribution in [2.45, 2.75) is 38.0 Å².